The van der Waals surface area contributed by atoms with Crippen LogP contribution in [0.5, 0.6) is 5.75 Å². The van der Waals surface area contributed by atoms with Gasteiger partial charge >= 0.3 is 6.09 Å². The Morgan fingerprint density at radius 3 is 2.27 bits per heavy atom. The summed E-state index contributed by atoms with van der Waals surface area (Å²) in [7, 11) is 1.30. The number of nitrogens with one attached hydrogen (secondary N) is 3. The predicted molar refractivity (Wildman–Crippen MR) is 231 cm³/mol. The van der Waals surface area contributed by atoms with Crippen molar-refractivity contribution in [3.8, 4) is 39.4 Å². The Labute approximate surface area is 353 Å². The largest absolute Gasteiger partial charge is 0.493 e. The molecule has 3 amide bonds. The van der Waals surface area contributed by atoms with Gasteiger partial charge in [0.25, 0.3) is 0 Å². The van der Waals surface area contributed by atoms with Crippen LogP contribution in [-0.2, 0) is 19.1 Å². The van der Waals surface area contributed by atoms with Crippen molar-refractivity contribution in [3.63, 3.8) is 0 Å². The van der Waals surface area contributed by atoms with E-state index >= 15 is 0 Å². The van der Waals surface area contributed by atoms with Crippen LogP contribution >= 0.6 is 0 Å². The van der Waals surface area contributed by atoms with Crippen LogP contribution in [0.2, 0.25) is 0 Å². The van der Waals surface area contributed by atoms with Gasteiger partial charge in [-0.1, -0.05) is 77.1 Å². The highest BCUT2D eigenvalue weighted by atomic mass is 16.5. The Kier molecular flexibility index (Phi) is 13.7. The van der Waals surface area contributed by atoms with Crippen molar-refractivity contribution in [2.75, 3.05) is 33.4 Å². The van der Waals surface area contributed by atoms with Crippen molar-refractivity contribution >= 4 is 17.9 Å². The number of carbonyl (C=O) groups is 3. The summed E-state index contributed by atoms with van der Waals surface area (Å²) >= 11 is 0. The summed E-state index contributed by atoms with van der Waals surface area (Å²) in [6.45, 7) is 12.3. The second kappa shape index (κ2) is 19.3. The summed E-state index contributed by atoms with van der Waals surface area (Å²) in [5.74, 6) is 2.27. The fourth-order valence-corrected chi connectivity index (χ4v) is 8.44. The number of carbonyl (C=O) groups excluding carboxylic acids is 3. The summed E-state index contributed by atoms with van der Waals surface area (Å²) in [5.41, 5.74) is 5.66. The molecule has 0 radical (unpaired) electrons. The number of rotatable bonds is 8. The Bertz CT molecular complexity index is 2120. The number of alkyl carbamates (subject to hydrolysis) is 1. The number of imidazole rings is 2. The first-order valence-electron chi connectivity index (χ1n) is 21.7. The molecule has 320 valence electrons. The number of aromatic amines is 2. The molecular weight excluding hydrogens is 759 g/mol. The SMILES string of the molecule is COC(=O)N[C@H](C(=O)N1CCC[C@H]1c1ncc(-c2ccc(-c3ccc4c(c3)OCCCCC/C=C/CO[C@H]3C[C@@H](c5ncc-4[nH]5)N(C(=O)[C@@H](C)C(C)C)C3)cc2)[nH]1)C(C)C. The van der Waals surface area contributed by atoms with Gasteiger partial charge in [-0.25, -0.2) is 14.8 Å². The average molecular weight is 820 g/mol. The van der Waals surface area contributed by atoms with Crippen molar-refractivity contribution in [2.24, 2.45) is 17.8 Å². The minimum atomic E-state index is -0.690. The normalized spacial score (nSPS) is 21.4. The van der Waals surface area contributed by atoms with Crippen LogP contribution in [0, 0.1) is 17.8 Å². The minimum absolute atomic E-state index is 0.0653. The maximum absolute atomic E-state index is 13.8. The molecule has 13 nitrogen and oxygen atoms in total. The number of hydrogen-bond acceptors (Lipinski definition) is 8. The molecule has 4 bridgehead atoms. The predicted octanol–water partition coefficient (Wildman–Crippen LogP) is 8.64. The summed E-state index contributed by atoms with van der Waals surface area (Å²) in [6.07, 6.45) is 13.7. The van der Waals surface area contributed by atoms with Crippen LogP contribution in [0.25, 0.3) is 33.6 Å². The van der Waals surface area contributed by atoms with Crippen LogP contribution in [0.3, 0.4) is 0 Å². The maximum atomic E-state index is 13.8. The topological polar surface area (TPSA) is 155 Å². The second-order valence-electron chi connectivity index (χ2n) is 17.1. The lowest BCUT2D eigenvalue weighted by atomic mass is 9.96. The number of benzene rings is 2. The zero-order valence-electron chi connectivity index (χ0n) is 35.9. The fraction of sp³-hybridized carbons (Fsp3) is 0.511. The highest BCUT2D eigenvalue weighted by molar-refractivity contribution is 5.86. The number of aromatic nitrogens is 4. The average Bonchev–Trinajstić information content (AvgIpc) is 4.09. The molecule has 0 spiro atoms. The van der Waals surface area contributed by atoms with E-state index < -0.39 is 12.1 Å². The summed E-state index contributed by atoms with van der Waals surface area (Å²) in [6, 6.07) is 13.5. The van der Waals surface area contributed by atoms with Crippen molar-refractivity contribution in [1.29, 1.82) is 0 Å². The van der Waals surface area contributed by atoms with Gasteiger partial charge in [0.15, 0.2) is 0 Å². The van der Waals surface area contributed by atoms with Gasteiger partial charge in [-0.15, -0.1) is 0 Å². The summed E-state index contributed by atoms with van der Waals surface area (Å²) in [5, 5.41) is 2.71. The van der Waals surface area contributed by atoms with Crippen LogP contribution in [0.4, 0.5) is 4.79 Å². The first-order valence-corrected chi connectivity index (χ1v) is 21.7. The van der Waals surface area contributed by atoms with Crippen molar-refractivity contribution in [2.45, 2.75) is 104 Å². The van der Waals surface area contributed by atoms with E-state index in [1.165, 1.54) is 7.11 Å². The molecule has 2 fully saturated rings. The number of fused-ring (bicyclic) bond motifs is 7. The Balaban J connectivity index is 1.11. The van der Waals surface area contributed by atoms with E-state index in [2.05, 4.69) is 83.7 Å². The molecule has 13 heteroatoms. The number of likely N-dealkylation sites (tertiary alicyclic amines) is 2. The number of methoxy groups -OCH3 is 1. The number of amides is 3. The maximum Gasteiger partial charge on any atom is 0.407 e. The number of ether oxygens (including phenoxy) is 3. The van der Waals surface area contributed by atoms with Crippen molar-refractivity contribution < 1.29 is 28.6 Å². The Hall–Kier alpha value is -5.43. The van der Waals surface area contributed by atoms with Gasteiger partial charge in [0.1, 0.15) is 23.4 Å². The van der Waals surface area contributed by atoms with Crippen molar-refractivity contribution in [1.82, 2.24) is 35.1 Å². The summed E-state index contributed by atoms with van der Waals surface area (Å²) in [4.78, 5) is 59.8. The molecule has 3 aliphatic heterocycles. The molecule has 2 saturated heterocycles. The molecule has 3 aliphatic rings. The lowest BCUT2D eigenvalue weighted by Gasteiger charge is -2.30. The number of allylic oxidation sites excluding steroid dienone is 1. The molecule has 3 N–H and O–H groups in total. The molecule has 4 aromatic rings. The lowest BCUT2D eigenvalue weighted by molar-refractivity contribution is -0.138. The molecule has 7 rings (SSSR count). The van der Waals surface area contributed by atoms with Gasteiger partial charge in [-0.05, 0) is 79.2 Å². The fourth-order valence-electron chi connectivity index (χ4n) is 8.44. The Morgan fingerprint density at radius 1 is 0.800 bits per heavy atom. The highest BCUT2D eigenvalue weighted by Crippen LogP contribution is 2.39. The quantitative estimate of drug-likeness (QED) is 0.149. The lowest BCUT2D eigenvalue weighted by Crippen LogP contribution is -2.51. The molecule has 2 aromatic carbocycles. The second-order valence-corrected chi connectivity index (χ2v) is 17.1. The van der Waals surface area contributed by atoms with Crippen LogP contribution in [-0.4, -0.2) is 93.2 Å². The van der Waals surface area contributed by atoms with E-state index in [0.29, 0.717) is 32.7 Å². The molecule has 60 heavy (non-hydrogen) atoms. The van der Waals surface area contributed by atoms with E-state index in [0.717, 1.165) is 89.6 Å². The smallest absolute Gasteiger partial charge is 0.407 e. The summed E-state index contributed by atoms with van der Waals surface area (Å²) < 4.78 is 17.6. The van der Waals surface area contributed by atoms with Crippen LogP contribution < -0.4 is 10.1 Å². The highest BCUT2D eigenvalue weighted by Gasteiger charge is 2.41. The van der Waals surface area contributed by atoms with E-state index in [1.54, 1.807) is 0 Å². The minimum Gasteiger partial charge on any atom is -0.493 e. The van der Waals surface area contributed by atoms with E-state index in [9.17, 15) is 14.4 Å². The third-order valence-electron chi connectivity index (χ3n) is 12.4. The van der Waals surface area contributed by atoms with E-state index in [4.69, 9.17) is 24.2 Å². The third kappa shape index (κ3) is 9.62. The van der Waals surface area contributed by atoms with Crippen LogP contribution in [0.1, 0.15) is 103 Å². The molecule has 0 saturated carbocycles. The van der Waals surface area contributed by atoms with E-state index in [-0.39, 0.29) is 47.8 Å². The Morgan fingerprint density at radius 2 is 1.52 bits per heavy atom. The van der Waals surface area contributed by atoms with E-state index in [1.807, 2.05) is 43.0 Å². The van der Waals surface area contributed by atoms with Gasteiger partial charge in [-0.3, -0.25) is 9.59 Å². The molecule has 0 unspecified atom stereocenters. The first-order chi connectivity index (χ1) is 29.0. The van der Waals surface area contributed by atoms with Gasteiger partial charge < -0.3 is 39.3 Å². The molecule has 5 atom stereocenters. The number of nitrogens with zero attached hydrogens (tertiary/aromatic N) is 4. The standard InChI is InChI=1S/C47H61N7O6/c1-29(2)31(5)45(55)54-28-35-25-40(54)44-49-27-38(51-44)36-20-19-34(24-41(36)60-23-12-10-8-7-9-11-22-59-35)32-15-17-33(18-16-32)37-26-48-43(50-37)39-14-13-21-53(39)46(56)42(30(3)4)52-47(57)58-6/h9,11,15-20,24,26-27,29-31,35,39-40,42H,7-8,10,12-14,21-23,25,28H2,1-6H3,(H,48,50)(H,49,51)(H,52,57)/b11-9+/t31-,35-,39-,40-,42-/m0/s1. The first kappa shape index (κ1) is 42.7. The zero-order chi connectivity index (χ0) is 42.3. The third-order valence-corrected chi connectivity index (χ3v) is 12.4. The number of hydrogen-bond donors (Lipinski definition) is 3. The van der Waals surface area contributed by atoms with Gasteiger partial charge in [0, 0.05) is 31.0 Å². The number of H-pyrrole nitrogens is 2. The van der Waals surface area contributed by atoms with Gasteiger partial charge in [0.2, 0.25) is 11.8 Å². The zero-order valence-corrected chi connectivity index (χ0v) is 35.9. The van der Waals surface area contributed by atoms with Gasteiger partial charge in [0.05, 0.1) is 62.3 Å². The molecule has 0 aliphatic carbocycles. The monoisotopic (exact) mass is 819 g/mol. The van der Waals surface area contributed by atoms with Gasteiger partial charge in [-0.2, -0.15) is 0 Å². The molecule has 2 aromatic heterocycles. The van der Waals surface area contributed by atoms with Crippen molar-refractivity contribution in [3.05, 3.63) is 78.7 Å². The molecule has 5 heterocycles. The van der Waals surface area contributed by atoms with Crippen LogP contribution in [0.15, 0.2) is 67.0 Å². The molecular formula is C47H61N7O6.